The first kappa shape index (κ1) is 15.0. The molecule has 6 heteroatoms. The van der Waals surface area contributed by atoms with Gasteiger partial charge in [-0.05, 0) is 29.8 Å². The monoisotopic (exact) mass is 321 g/mol. The van der Waals surface area contributed by atoms with Crippen molar-refractivity contribution in [2.24, 2.45) is 0 Å². The molecule has 0 atom stereocenters. The van der Waals surface area contributed by atoms with E-state index < -0.39 is 0 Å². The number of rotatable bonds is 4. The van der Waals surface area contributed by atoms with Gasteiger partial charge in [-0.1, -0.05) is 0 Å². The van der Waals surface area contributed by atoms with E-state index in [1.165, 1.54) is 23.5 Å². The van der Waals surface area contributed by atoms with Crippen molar-refractivity contribution >= 4 is 17.2 Å². The fourth-order valence-electron chi connectivity index (χ4n) is 2.38. The van der Waals surface area contributed by atoms with Gasteiger partial charge in [-0.3, -0.25) is 4.79 Å². The number of fused-ring (bicyclic) bond motifs is 3. The first-order valence-electron chi connectivity index (χ1n) is 7.01. The zero-order valence-corrected chi connectivity index (χ0v) is 13.0. The van der Waals surface area contributed by atoms with Crippen LogP contribution in [0.15, 0.2) is 24.3 Å². The number of hydrogen-bond donors (Lipinski definition) is 1. The van der Waals surface area contributed by atoms with Gasteiger partial charge in [-0.25, -0.2) is 4.39 Å². The molecule has 0 bridgehead atoms. The Morgan fingerprint density at radius 2 is 2.32 bits per heavy atom. The third-order valence-electron chi connectivity index (χ3n) is 3.44. The highest BCUT2D eigenvalue weighted by Crippen LogP contribution is 2.40. The molecule has 1 aromatic carbocycles. The number of benzene rings is 1. The topological polar surface area (TPSA) is 47.6 Å². The Balaban J connectivity index is 1.92. The van der Waals surface area contributed by atoms with Crippen LogP contribution in [0.4, 0.5) is 4.39 Å². The maximum Gasteiger partial charge on any atom is 0.261 e. The summed E-state index contributed by atoms with van der Waals surface area (Å²) in [5.74, 6) is 0.219. The number of thiophene rings is 1. The van der Waals surface area contributed by atoms with Crippen LogP contribution in [-0.4, -0.2) is 32.8 Å². The summed E-state index contributed by atoms with van der Waals surface area (Å²) < 4.78 is 24.1. The second kappa shape index (κ2) is 6.46. The molecule has 0 saturated heterocycles. The van der Waals surface area contributed by atoms with Crippen molar-refractivity contribution < 1.29 is 18.7 Å². The fourth-order valence-corrected chi connectivity index (χ4v) is 3.53. The van der Waals surface area contributed by atoms with Crippen molar-refractivity contribution in [3.8, 4) is 16.2 Å². The van der Waals surface area contributed by atoms with Gasteiger partial charge in [0.25, 0.3) is 5.91 Å². The minimum atomic E-state index is -0.310. The minimum Gasteiger partial charge on any atom is -0.493 e. The van der Waals surface area contributed by atoms with Crippen molar-refractivity contribution in [2.75, 3.05) is 26.9 Å². The van der Waals surface area contributed by atoms with Gasteiger partial charge in [0.05, 0.1) is 18.1 Å². The Morgan fingerprint density at radius 1 is 1.45 bits per heavy atom. The number of halogens is 1. The Bertz CT molecular complexity index is 699. The second-order valence-corrected chi connectivity index (χ2v) is 6.00. The molecular formula is C16H16FNO3S. The van der Waals surface area contributed by atoms with Crippen LogP contribution in [0.25, 0.3) is 10.4 Å². The third kappa shape index (κ3) is 2.98. The van der Waals surface area contributed by atoms with Crippen molar-refractivity contribution in [3.05, 3.63) is 40.5 Å². The van der Waals surface area contributed by atoms with Crippen LogP contribution < -0.4 is 10.1 Å². The maximum absolute atomic E-state index is 13.5. The summed E-state index contributed by atoms with van der Waals surface area (Å²) in [4.78, 5) is 13.7. The molecule has 0 spiro atoms. The molecule has 0 fully saturated rings. The zero-order chi connectivity index (χ0) is 15.5. The molecule has 1 aliphatic rings. The van der Waals surface area contributed by atoms with E-state index in [0.717, 1.165) is 10.4 Å². The van der Waals surface area contributed by atoms with Crippen molar-refractivity contribution in [3.63, 3.8) is 0 Å². The molecule has 1 amide bonds. The predicted octanol–water partition coefficient (Wildman–Crippen LogP) is 2.87. The summed E-state index contributed by atoms with van der Waals surface area (Å²) in [5.41, 5.74) is 1.74. The molecule has 116 valence electrons. The van der Waals surface area contributed by atoms with Crippen LogP contribution in [0, 0.1) is 5.82 Å². The van der Waals surface area contributed by atoms with Crippen molar-refractivity contribution in [1.29, 1.82) is 0 Å². The highest BCUT2D eigenvalue weighted by atomic mass is 32.1. The van der Waals surface area contributed by atoms with Gasteiger partial charge in [0.1, 0.15) is 11.6 Å². The molecule has 1 N–H and O–H groups in total. The SMILES string of the molecule is COCCNC(=O)c1cc2c(s1)-c1cc(F)ccc1OCC2. The molecular weight excluding hydrogens is 305 g/mol. The van der Waals surface area contributed by atoms with Gasteiger partial charge in [0.2, 0.25) is 0 Å². The number of ether oxygens (including phenoxy) is 2. The van der Waals surface area contributed by atoms with E-state index in [2.05, 4.69) is 5.32 Å². The number of amides is 1. The third-order valence-corrected chi connectivity index (χ3v) is 4.65. The lowest BCUT2D eigenvalue weighted by atomic mass is 10.1. The zero-order valence-electron chi connectivity index (χ0n) is 12.1. The predicted molar refractivity (Wildman–Crippen MR) is 83.1 cm³/mol. The van der Waals surface area contributed by atoms with Crippen LogP contribution in [0.5, 0.6) is 5.75 Å². The van der Waals surface area contributed by atoms with E-state index in [1.807, 2.05) is 6.07 Å². The maximum atomic E-state index is 13.5. The van der Waals surface area contributed by atoms with Crippen molar-refractivity contribution in [1.82, 2.24) is 5.32 Å². The van der Waals surface area contributed by atoms with E-state index in [0.29, 0.717) is 42.4 Å². The normalized spacial score (nSPS) is 12.8. The van der Waals surface area contributed by atoms with Gasteiger partial charge in [0.15, 0.2) is 0 Å². The Morgan fingerprint density at radius 3 is 3.14 bits per heavy atom. The molecule has 22 heavy (non-hydrogen) atoms. The summed E-state index contributed by atoms with van der Waals surface area (Å²) in [6, 6.07) is 6.35. The van der Waals surface area contributed by atoms with Crippen LogP contribution in [0.2, 0.25) is 0 Å². The Kier molecular flexibility index (Phi) is 4.40. The average Bonchev–Trinajstić information content (AvgIpc) is 2.86. The highest BCUT2D eigenvalue weighted by molar-refractivity contribution is 7.17. The van der Waals surface area contributed by atoms with E-state index in [4.69, 9.17) is 9.47 Å². The summed E-state index contributed by atoms with van der Waals surface area (Å²) >= 11 is 1.37. The number of hydrogen-bond acceptors (Lipinski definition) is 4. The molecule has 4 nitrogen and oxygen atoms in total. The van der Waals surface area contributed by atoms with Gasteiger partial charge >= 0.3 is 0 Å². The number of carbonyl (C=O) groups excluding carboxylic acids is 1. The van der Waals surface area contributed by atoms with Crippen LogP contribution in [0.3, 0.4) is 0 Å². The largest absolute Gasteiger partial charge is 0.493 e. The van der Waals surface area contributed by atoms with Crippen molar-refractivity contribution in [2.45, 2.75) is 6.42 Å². The smallest absolute Gasteiger partial charge is 0.261 e. The number of nitrogens with one attached hydrogen (secondary N) is 1. The number of methoxy groups -OCH3 is 1. The van der Waals surface area contributed by atoms with Crippen LogP contribution in [0.1, 0.15) is 15.2 Å². The standard InChI is InChI=1S/C16H16FNO3S/c1-20-7-5-18-16(19)14-8-10-4-6-21-13-3-2-11(17)9-12(13)15(10)22-14/h2-3,8-9H,4-7H2,1H3,(H,18,19). The molecule has 0 unspecified atom stereocenters. The summed E-state index contributed by atoms with van der Waals surface area (Å²) in [6.07, 6.45) is 0.702. The molecule has 0 saturated carbocycles. The summed E-state index contributed by atoms with van der Waals surface area (Å²) in [7, 11) is 1.59. The first-order valence-corrected chi connectivity index (χ1v) is 7.83. The lowest BCUT2D eigenvalue weighted by molar-refractivity contribution is 0.0941. The van der Waals surface area contributed by atoms with Gasteiger partial charge < -0.3 is 14.8 Å². The molecule has 0 radical (unpaired) electrons. The summed E-state index contributed by atoms with van der Waals surface area (Å²) in [5, 5.41) is 2.80. The first-order chi connectivity index (χ1) is 10.7. The molecule has 2 heterocycles. The van der Waals surface area contributed by atoms with Crippen LogP contribution >= 0.6 is 11.3 Å². The Labute approximate surface area is 131 Å². The average molecular weight is 321 g/mol. The highest BCUT2D eigenvalue weighted by Gasteiger charge is 2.21. The number of carbonyl (C=O) groups is 1. The second-order valence-electron chi connectivity index (χ2n) is 4.95. The molecule has 3 rings (SSSR count). The summed E-state index contributed by atoms with van der Waals surface area (Å²) in [6.45, 7) is 1.46. The van der Waals surface area contributed by atoms with Gasteiger partial charge in [-0.2, -0.15) is 0 Å². The molecule has 2 aromatic rings. The molecule has 1 aliphatic heterocycles. The van der Waals surface area contributed by atoms with Crippen LogP contribution in [-0.2, 0) is 11.2 Å². The molecule has 0 aliphatic carbocycles. The van der Waals surface area contributed by atoms with E-state index in [9.17, 15) is 9.18 Å². The van der Waals surface area contributed by atoms with E-state index >= 15 is 0 Å². The minimum absolute atomic E-state index is 0.131. The van der Waals surface area contributed by atoms with Gasteiger partial charge in [-0.15, -0.1) is 11.3 Å². The Hall–Kier alpha value is -1.92. The lowest BCUT2D eigenvalue weighted by Crippen LogP contribution is -2.26. The molecule has 1 aromatic heterocycles. The lowest BCUT2D eigenvalue weighted by Gasteiger charge is -2.06. The fraction of sp³-hybridized carbons (Fsp3) is 0.312. The van der Waals surface area contributed by atoms with Gasteiger partial charge in [0, 0.05) is 30.5 Å². The quantitative estimate of drug-likeness (QED) is 0.881. The van der Waals surface area contributed by atoms with E-state index in [1.54, 1.807) is 13.2 Å². The van der Waals surface area contributed by atoms with E-state index in [-0.39, 0.29) is 11.7 Å².